The van der Waals surface area contributed by atoms with Crippen LogP contribution in [0.2, 0.25) is 0 Å². The fourth-order valence-electron chi connectivity index (χ4n) is 2.76. The molecule has 0 saturated heterocycles. The van der Waals surface area contributed by atoms with E-state index in [0.717, 1.165) is 35.5 Å². The van der Waals surface area contributed by atoms with E-state index in [-0.39, 0.29) is 6.42 Å². The molecule has 6 heteroatoms. The van der Waals surface area contributed by atoms with Crippen LogP contribution in [0.25, 0.3) is 11.4 Å². The number of carbonyl (C=O) groups is 1. The Morgan fingerprint density at radius 2 is 1.88 bits per heavy atom. The molecule has 3 aromatic rings. The molecule has 0 aliphatic carbocycles. The van der Waals surface area contributed by atoms with Gasteiger partial charge in [0.1, 0.15) is 5.75 Å². The lowest BCUT2D eigenvalue weighted by molar-refractivity contribution is -0.136. The van der Waals surface area contributed by atoms with Crippen molar-refractivity contribution < 1.29 is 14.6 Å². The SMILES string of the molecule is O=C(O)CCc1ccccc1CCCOc1ccc(-c2ccn[nH]2)nc1. The van der Waals surface area contributed by atoms with Crippen LogP contribution in [-0.4, -0.2) is 32.9 Å². The van der Waals surface area contributed by atoms with E-state index >= 15 is 0 Å². The first-order chi connectivity index (χ1) is 12.7. The number of carboxylic acids is 1. The van der Waals surface area contributed by atoms with E-state index in [1.165, 1.54) is 5.56 Å². The quantitative estimate of drug-likeness (QED) is 0.576. The van der Waals surface area contributed by atoms with Crippen LogP contribution < -0.4 is 4.74 Å². The predicted octanol–water partition coefficient (Wildman–Crippen LogP) is 3.50. The number of aliphatic carboxylic acids is 1. The van der Waals surface area contributed by atoms with Crippen molar-refractivity contribution in [3.8, 4) is 17.1 Å². The van der Waals surface area contributed by atoms with Crippen LogP contribution in [0.15, 0.2) is 54.9 Å². The molecule has 6 nitrogen and oxygen atoms in total. The summed E-state index contributed by atoms with van der Waals surface area (Å²) in [6, 6.07) is 13.6. The van der Waals surface area contributed by atoms with Crippen LogP contribution in [-0.2, 0) is 17.6 Å². The first-order valence-corrected chi connectivity index (χ1v) is 8.59. The number of nitrogens with zero attached hydrogens (tertiary/aromatic N) is 2. The molecule has 0 atom stereocenters. The van der Waals surface area contributed by atoms with Gasteiger partial charge in [-0.25, -0.2) is 0 Å². The highest BCUT2D eigenvalue weighted by Gasteiger charge is 2.05. The number of rotatable bonds is 9. The molecule has 134 valence electrons. The second-order valence-electron chi connectivity index (χ2n) is 5.96. The Morgan fingerprint density at radius 1 is 1.08 bits per heavy atom. The van der Waals surface area contributed by atoms with E-state index in [1.54, 1.807) is 12.4 Å². The third kappa shape index (κ3) is 4.92. The minimum absolute atomic E-state index is 0.155. The molecule has 1 aromatic carbocycles. The van der Waals surface area contributed by atoms with E-state index in [2.05, 4.69) is 21.2 Å². The first kappa shape index (κ1) is 17.7. The van der Waals surface area contributed by atoms with Gasteiger partial charge in [-0.2, -0.15) is 5.10 Å². The van der Waals surface area contributed by atoms with Gasteiger partial charge in [0.25, 0.3) is 0 Å². The van der Waals surface area contributed by atoms with Gasteiger partial charge in [-0.05, 0) is 48.6 Å². The van der Waals surface area contributed by atoms with Crippen LogP contribution in [0.5, 0.6) is 5.75 Å². The first-order valence-electron chi connectivity index (χ1n) is 8.59. The van der Waals surface area contributed by atoms with Crippen molar-refractivity contribution in [1.29, 1.82) is 0 Å². The smallest absolute Gasteiger partial charge is 0.303 e. The highest BCUT2D eigenvalue weighted by molar-refractivity contribution is 5.67. The molecule has 0 bridgehead atoms. The summed E-state index contributed by atoms with van der Waals surface area (Å²) in [6.07, 6.45) is 5.82. The summed E-state index contributed by atoms with van der Waals surface area (Å²) in [5.74, 6) is -0.0401. The Morgan fingerprint density at radius 3 is 2.54 bits per heavy atom. The highest BCUT2D eigenvalue weighted by atomic mass is 16.5. The number of ether oxygens (including phenoxy) is 1. The van der Waals surface area contributed by atoms with Crippen LogP contribution in [0, 0.1) is 0 Å². The highest BCUT2D eigenvalue weighted by Crippen LogP contribution is 2.18. The molecule has 2 N–H and O–H groups in total. The molecule has 3 rings (SSSR count). The average Bonchev–Trinajstić information content (AvgIpc) is 3.19. The number of hydrogen-bond donors (Lipinski definition) is 2. The third-order valence-corrected chi connectivity index (χ3v) is 4.10. The van der Waals surface area contributed by atoms with Gasteiger partial charge >= 0.3 is 5.97 Å². The molecule has 0 fully saturated rings. The molecule has 0 aliphatic heterocycles. The number of aryl methyl sites for hydroxylation is 2. The van der Waals surface area contributed by atoms with Crippen LogP contribution >= 0.6 is 0 Å². The zero-order chi connectivity index (χ0) is 18.2. The van der Waals surface area contributed by atoms with Crippen LogP contribution in [0.1, 0.15) is 24.0 Å². The molecule has 0 saturated carbocycles. The minimum atomic E-state index is -0.769. The lowest BCUT2D eigenvalue weighted by atomic mass is 9.99. The third-order valence-electron chi connectivity index (χ3n) is 4.10. The molecule has 2 aromatic heterocycles. The summed E-state index contributed by atoms with van der Waals surface area (Å²) >= 11 is 0. The number of hydrogen-bond acceptors (Lipinski definition) is 4. The normalized spacial score (nSPS) is 10.6. The van der Waals surface area contributed by atoms with E-state index in [1.807, 2.05) is 36.4 Å². The van der Waals surface area contributed by atoms with Crippen molar-refractivity contribution in [2.24, 2.45) is 0 Å². The maximum Gasteiger partial charge on any atom is 0.303 e. The van der Waals surface area contributed by atoms with Crippen molar-refractivity contribution in [1.82, 2.24) is 15.2 Å². The second-order valence-corrected chi connectivity index (χ2v) is 5.96. The molecule has 26 heavy (non-hydrogen) atoms. The topological polar surface area (TPSA) is 88.1 Å². The Bertz CT molecular complexity index is 830. The van der Waals surface area contributed by atoms with E-state index in [4.69, 9.17) is 9.84 Å². The molecule has 0 unspecified atom stereocenters. The molecular formula is C20H21N3O3. The zero-order valence-corrected chi connectivity index (χ0v) is 14.4. The fourth-order valence-corrected chi connectivity index (χ4v) is 2.76. The van der Waals surface area contributed by atoms with Gasteiger partial charge in [-0.1, -0.05) is 24.3 Å². The average molecular weight is 351 g/mol. The lowest BCUT2D eigenvalue weighted by Gasteiger charge is -2.10. The fraction of sp³-hybridized carbons (Fsp3) is 0.250. The zero-order valence-electron chi connectivity index (χ0n) is 14.4. The Hall–Kier alpha value is -3.15. The van der Waals surface area contributed by atoms with Crippen molar-refractivity contribution in [3.63, 3.8) is 0 Å². The van der Waals surface area contributed by atoms with Crippen LogP contribution in [0.3, 0.4) is 0 Å². The van der Waals surface area contributed by atoms with E-state index in [9.17, 15) is 4.79 Å². The summed E-state index contributed by atoms with van der Waals surface area (Å²) in [5.41, 5.74) is 3.97. The van der Waals surface area contributed by atoms with E-state index < -0.39 is 5.97 Å². The van der Waals surface area contributed by atoms with Gasteiger partial charge in [-0.15, -0.1) is 0 Å². The molecule has 0 spiro atoms. The maximum atomic E-state index is 10.8. The Labute approximate surface area is 151 Å². The molecule has 2 heterocycles. The maximum absolute atomic E-state index is 10.8. The second kappa shape index (κ2) is 8.80. The van der Waals surface area contributed by atoms with Crippen molar-refractivity contribution in [3.05, 3.63) is 66.0 Å². The summed E-state index contributed by atoms with van der Waals surface area (Å²) in [7, 11) is 0. The van der Waals surface area contributed by atoms with Gasteiger partial charge < -0.3 is 9.84 Å². The molecule has 0 amide bonds. The number of benzene rings is 1. The number of pyridine rings is 1. The van der Waals surface area contributed by atoms with Gasteiger partial charge in [0.05, 0.1) is 24.2 Å². The Balaban J connectivity index is 1.48. The molecule has 0 radical (unpaired) electrons. The monoisotopic (exact) mass is 351 g/mol. The van der Waals surface area contributed by atoms with E-state index in [0.29, 0.717) is 13.0 Å². The number of aromatic nitrogens is 3. The van der Waals surface area contributed by atoms with Crippen molar-refractivity contribution in [2.45, 2.75) is 25.7 Å². The summed E-state index contributed by atoms with van der Waals surface area (Å²) in [4.78, 5) is 15.1. The van der Waals surface area contributed by atoms with Crippen molar-refractivity contribution >= 4 is 5.97 Å². The number of carboxylic acid groups (broad SMARTS) is 1. The summed E-state index contributed by atoms with van der Waals surface area (Å²) in [5, 5.41) is 15.6. The summed E-state index contributed by atoms with van der Waals surface area (Å²) in [6.45, 7) is 0.582. The van der Waals surface area contributed by atoms with Crippen LogP contribution in [0.4, 0.5) is 0 Å². The summed E-state index contributed by atoms with van der Waals surface area (Å²) < 4.78 is 5.76. The Kier molecular flexibility index (Phi) is 5.98. The van der Waals surface area contributed by atoms with Gasteiger partial charge in [0.2, 0.25) is 0 Å². The number of H-pyrrole nitrogens is 1. The van der Waals surface area contributed by atoms with Crippen molar-refractivity contribution in [2.75, 3.05) is 6.61 Å². The molecule has 0 aliphatic rings. The van der Waals surface area contributed by atoms with Gasteiger partial charge in [-0.3, -0.25) is 14.9 Å². The largest absolute Gasteiger partial charge is 0.492 e. The van der Waals surface area contributed by atoms with Gasteiger partial charge in [0.15, 0.2) is 0 Å². The number of nitrogens with one attached hydrogen (secondary N) is 1. The molecular weight excluding hydrogens is 330 g/mol. The number of aromatic amines is 1. The minimum Gasteiger partial charge on any atom is -0.492 e. The standard InChI is InChI=1S/C20H21N3O3/c24-20(25)10-7-16-5-2-1-4-15(16)6-3-13-26-17-8-9-18(21-14-17)19-11-12-22-23-19/h1-2,4-5,8-9,11-12,14H,3,6-7,10,13H2,(H,22,23)(H,24,25). The van der Waals surface area contributed by atoms with Gasteiger partial charge in [0, 0.05) is 12.6 Å². The predicted molar refractivity (Wildman–Crippen MR) is 98.0 cm³/mol. The lowest BCUT2D eigenvalue weighted by Crippen LogP contribution is -2.03.